The fourth-order valence-corrected chi connectivity index (χ4v) is 2.76. The first-order valence-corrected chi connectivity index (χ1v) is 6.82. The lowest BCUT2D eigenvalue weighted by Gasteiger charge is -2.38. The second kappa shape index (κ2) is 5.75. The van der Waals surface area contributed by atoms with E-state index in [4.69, 9.17) is 11.6 Å². The average Bonchev–Trinajstić information content (AvgIpc) is 2.39. The van der Waals surface area contributed by atoms with Gasteiger partial charge < -0.3 is 10.2 Å². The monoisotopic (exact) mass is 287 g/mol. The molecule has 2 rings (SSSR count). The summed E-state index contributed by atoms with van der Waals surface area (Å²) in [6.07, 6.45) is 1.35. The second-order valence-electron chi connectivity index (χ2n) is 5.35. The van der Waals surface area contributed by atoms with E-state index in [-0.39, 0.29) is 12.4 Å². The Labute approximate surface area is 117 Å². The Hall–Kier alpha value is -0.680. The molecule has 0 aliphatic carbocycles. The predicted octanol–water partition coefficient (Wildman–Crippen LogP) is 2.11. The molecule has 1 fully saturated rings. The number of hydrogen-bond acceptors (Lipinski definition) is 3. The van der Waals surface area contributed by atoms with Gasteiger partial charge in [-0.1, -0.05) is 17.7 Å². The zero-order chi connectivity index (χ0) is 14.0. The summed E-state index contributed by atoms with van der Waals surface area (Å²) >= 11 is 6.05. The Morgan fingerprint density at radius 1 is 1.47 bits per heavy atom. The average molecular weight is 288 g/mol. The molecule has 0 radical (unpaired) electrons. The van der Waals surface area contributed by atoms with E-state index in [9.17, 15) is 14.6 Å². The molecule has 1 heterocycles. The van der Waals surface area contributed by atoms with Gasteiger partial charge in [0.05, 0.1) is 6.61 Å². The molecule has 1 aromatic carbocycles. The van der Waals surface area contributed by atoms with Crippen molar-refractivity contribution in [3.63, 3.8) is 0 Å². The summed E-state index contributed by atoms with van der Waals surface area (Å²) in [7, 11) is 0. The van der Waals surface area contributed by atoms with Gasteiger partial charge in [-0.05, 0) is 37.9 Å². The zero-order valence-corrected chi connectivity index (χ0v) is 11.8. The number of aliphatic hydroxyl groups excluding tert-OH is 1. The Kier molecular flexibility index (Phi) is 4.46. The van der Waals surface area contributed by atoms with Crippen LogP contribution in [0.3, 0.4) is 0 Å². The number of rotatable bonds is 3. The molecule has 0 spiro atoms. The topological polar surface area (TPSA) is 43.7 Å². The first kappa shape index (κ1) is 14.7. The quantitative estimate of drug-likeness (QED) is 0.895. The lowest BCUT2D eigenvalue weighted by molar-refractivity contribution is -0.0688. The van der Waals surface area contributed by atoms with Crippen molar-refractivity contribution in [2.45, 2.75) is 31.9 Å². The number of piperidine rings is 1. The van der Waals surface area contributed by atoms with E-state index in [1.165, 1.54) is 0 Å². The van der Waals surface area contributed by atoms with Crippen molar-refractivity contribution in [1.82, 2.24) is 4.90 Å². The third-order valence-corrected chi connectivity index (χ3v) is 4.04. The lowest BCUT2D eigenvalue weighted by Crippen LogP contribution is -2.50. The SMILES string of the molecule is Cc1ccc(Cl)c(CN2CCCC(O)(CO)C2)c1F. The molecule has 1 saturated heterocycles. The molecule has 1 unspecified atom stereocenters. The number of β-amino-alcohol motifs (C(OH)–C–C–N with tert-alkyl or cyclic N) is 1. The maximum atomic E-state index is 14.1. The molecule has 0 amide bonds. The van der Waals surface area contributed by atoms with Crippen LogP contribution in [-0.2, 0) is 6.54 Å². The van der Waals surface area contributed by atoms with Gasteiger partial charge >= 0.3 is 0 Å². The summed E-state index contributed by atoms with van der Waals surface area (Å²) in [4.78, 5) is 1.93. The molecule has 5 heteroatoms. The molecule has 0 bridgehead atoms. The molecule has 0 aromatic heterocycles. The maximum Gasteiger partial charge on any atom is 0.132 e. The standard InChI is InChI=1S/C14H19ClFNO2/c1-10-3-4-12(15)11(13(10)16)7-17-6-2-5-14(19,8-17)9-18/h3-4,18-19H,2,5-9H2,1H3. The van der Waals surface area contributed by atoms with Gasteiger partial charge in [0, 0.05) is 23.7 Å². The van der Waals surface area contributed by atoms with Crippen LogP contribution < -0.4 is 0 Å². The molecule has 106 valence electrons. The van der Waals surface area contributed by atoms with Gasteiger partial charge in [0.2, 0.25) is 0 Å². The molecule has 1 atom stereocenters. The molecule has 1 aromatic rings. The highest BCUT2D eigenvalue weighted by molar-refractivity contribution is 6.31. The Bertz CT molecular complexity index is 469. The van der Waals surface area contributed by atoms with E-state index in [1.54, 1.807) is 19.1 Å². The van der Waals surface area contributed by atoms with E-state index in [2.05, 4.69) is 0 Å². The number of nitrogens with zero attached hydrogens (tertiary/aromatic N) is 1. The number of halogens is 2. The van der Waals surface area contributed by atoms with Gasteiger partial charge in [-0.15, -0.1) is 0 Å². The number of benzene rings is 1. The van der Waals surface area contributed by atoms with Gasteiger partial charge in [0.25, 0.3) is 0 Å². The van der Waals surface area contributed by atoms with Crippen LogP contribution in [0.2, 0.25) is 5.02 Å². The summed E-state index contributed by atoms with van der Waals surface area (Å²) in [5.74, 6) is -0.286. The summed E-state index contributed by atoms with van der Waals surface area (Å²) in [6, 6.07) is 3.35. The van der Waals surface area contributed by atoms with Gasteiger partial charge in [-0.2, -0.15) is 0 Å². The summed E-state index contributed by atoms with van der Waals surface area (Å²) in [6.45, 7) is 2.90. The Morgan fingerprint density at radius 3 is 2.89 bits per heavy atom. The van der Waals surface area contributed by atoms with Crippen LogP contribution in [0.15, 0.2) is 12.1 Å². The normalized spacial score (nSPS) is 24.7. The van der Waals surface area contributed by atoms with Crippen molar-refractivity contribution < 1.29 is 14.6 Å². The van der Waals surface area contributed by atoms with Crippen molar-refractivity contribution in [3.8, 4) is 0 Å². The smallest absolute Gasteiger partial charge is 0.132 e. The summed E-state index contributed by atoms with van der Waals surface area (Å²) in [5, 5.41) is 19.7. The first-order chi connectivity index (χ1) is 8.95. The van der Waals surface area contributed by atoms with E-state index >= 15 is 0 Å². The van der Waals surface area contributed by atoms with E-state index in [0.29, 0.717) is 35.7 Å². The van der Waals surface area contributed by atoms with Crippen molar-refractivity contribution >= 4 is 11.6 Å². The van der Waals surface area contributed by atoms with Crippen LogP contribution in [0.1, 0.15) is 24.0 Å². The van der Waals surface area contributed by atoms with E-state index < -0.39 is 5.60 Å². The maximum absolute atomic E-state index is 14.1. The minimum atomic E-state index is -1.08. The second-order valence-corrected chi connectivity index (χ2v) is 5.76. The minimum absolute atomic E-state index is 0.270. The molecule has 19 heavy (non-hydrogen) atoms. The van der Waals surface area contributed by atoms with Crippen LogP contribution >= 0.6 is 11.6 Å². The third kappa shape index (κ3) is 3.26. The van der Waals surface area contributed by atoms with Gasteiger partial charge in [-0.3, -0.25) is 4.90 Å². The molecular formula is C14H19ClFNO2. The van der Waals surface area contributed by atoms with Crippen LogP contribution in [0.25, 0.3) is 0 Å². The highest BCUT2D eigenvalue weighted by Gasteiger charge is 2.33. The van der Waals surface area contributed by atoms with E-state index in [0.717, 1.165) is 13.0 Å². The van der Waals surface area contributed by atoms with E-state index in [1.807, 2.05) is 4.90 Å². The van der Waals surface area contributed by atoms with Crippen LogP contribution in [0.5, 0.6) is 0 Å². The molecule has 0 saturated carbocycles. The molecule has 1 aliphatic heterocycles. The Morgan fingerprint density at radius 2 is 2.21 bits per heavy atom. The van der Waals surface area contributed by atoms with Crippen LogP contribution in [0.4, 0.5) is 4.39 Å². The number of aliphatic hydroxyl groups is 2. The van der Waals surface area contributed by atoms with Crippen LogP contribution in [-0.4, -0.2) is 40.4 Å². The molecule has 2 N–H and O–H groups in total. The fourth-order valence-electron chi connectivity index (χ4n) is 2.55. The highest BCUT2D eigenvalue weighted by Crippen LogP contribution is 2.27. The largest absolute Gasteiger partial charge is 0.393 e. The van der Waals surface area contributed by atoms with Crippen molar-refractivity contribution in [2.24, 2.45) is 0 Å². The van der Waals surface area contributed by atoms with Gasteiger partial charge in [-0.25, -0.2) is 4.39 Å². The number of likely N-dealkylation sites (tertiary alicyclic amines) is 1. The predicted molar refractivity (Wildman–Crippen MR) is 72.7 cm³/mol. The zero-order valence-electron chi connectivity index (χ0n) is 11.0. The molecule has 1 aliphatic rings. The van der Waals surface area contributed by atoms with Crippen molar-refractivity contribution in [3.05, 3.63) is 34.1 Å². The molecule has 3 nitrogen and oxygen atoms in total. The lowest BCUT2D eigenvalue weighted by atomic mass is 9.93. The van der Waals surface area contributed by atoms with Crippen LogP contribution in [0, 0.1) is 12.7 Å². The van der Waals surface area contributed by atoms with Crippen molar-refractivity contribution in [1.29, 1.82) is 0 Å². The molecular weight excluding hydrogens is 269 g/mol. The number of hydrogen-bond donors (Lipinski definition) is 2. The Balaban J connectivity index is 2.15. The van der Waals surface area contributed by atoms with Gasteiger partial charge in [0.1, 0.15) is 11.4 Å². The summed E-state index contributed by atoms with van der Waals surface area (Å²) in [5.41, 5.74) is -0.0527. The summed E-state index contributed by atoms with van der Waals surface area (Å²) < 4.78 is 14.1. The van der Waals surface area contributed by atoms with Gasteiger partial charge in [0.15, 0.2) is 0 Å². The fraction of sp³-hybridized carbons (Fsp3) is 0.571. The third-order valence-electron chi connectivity index (χ3n) is 3.69. The number of aryl methyl sites for hydroxylation is 1. The first-order valence-electron chi connectivity index (χ1n) is 6.44. The van der Waals surface area contributed by atoms with Crippen molar-refractivity contribution in [2.75, 3.05) is 19.7 Å². The highest BCUT2D eigenvalue weighted by atomic mass is 35.5. The minimum Gasteiger partial charge on any atom is -0.393 e.